The molecule has 26 heavy (non-hydrogen) atoms. The van der Waals surface area contributed by atoms with Crippen LogP contribution in [0.25, 0.3) is 0 Å². The summed E-state index contributed by atoms with van der Waals surface area (Å²) in [6, 6.07) is 0. The van der Waals surface area contributed by atoms with Gasteiger partial charge in [-0.15, -0.1) is 13.2 Å². The largest absolute Gasteiger partial charge is 0.459 e. The van der Waals surface area contributed by atoms with Crippen LogP contribution in [0.1, 0.15) is 79.1 Å². The summed E-state index contributed by atoms with van der Waals surface area (Å²) in [4.78, 5) is 24.5. The zero-order chi connectivity index (χ0) is 20.0. The maximum Gasteiger partial charge on any atom is 0.303 e. The third-order valence-corrected chi connectivity index (χ3v) is 7.51. The lowest BCUT2D eigenvalue weighted by Gasteiger charge is -2.50. The van der Waals surface area contributed by atoms with E-state index >= 15 is 0 Å². The number of alkyl halides is 1. The Bertz CT molecular complexity index is 540. The molecule has 1 rings (SSSR count). The summed E-state index contributed by atoms with van der Waals surface area (Å²) >= 11 is 2.32. The first kappa shape index (κ1) is 23.4. The molecule has 3 atom stereocenters. The van der Waals surface area contributed by atoms with Crippen LogP contribution in [-0.2, 0) is 14.3 Å². The van der Waals surface area contributed by atoms with E-state index in [1.54, 1.807) is 6.08 Å². The molecule has 148 valence electrons. The second-order valence-electron chi connectivity index (χ2n) is 8.55. The Balaban J connectivity index is 3.01. The number of ether oxygens (including phenoxy) is 1. The predicted octanol–water partition coefficient (Wildman–Crippen LogP) is 6.20. The number of rotatable bonds is 10. The maximum atomic E-state index is 12.8. The van der Waals surface area contributed by atoms with Gasteiger partial charge >= 0.3 is 5.97 Å². The Morgan fingerprint density at radius 1 is 1.23 bits per heavy atom. The van der Waals surface area contributed by atoms with Crippen LogP contribution in [0.15, 0.2) is 25.3 Å². The molecule has 1 aliphatic rings. The topological polar surface area (TPSA) is 43.4 Å². The molecule has 0 N–H and O–H groups in total. The Kier molecular flexibility index (Phi) is 8.56. The Labute approximate surface area is 173 Å². The molecular formula is C22H35IO3. The highest BCUT2D eigenvalue weighted by Gasteiger charge is 2.49. The van der Waals surface area contributed by atoms with E-state index in [9.17, 15) is 9.59 Å². The summed E-state index contributed by atoms with van der Waals surface area (Å²) < 4.78 is 5.38. The molecule has 0 saturated heterocycles. The fraction of sp³-hybridized carbons (Fsp3) is 0.727. The van der Waals surface area contributed by atoms with Crippen LogP contribution in [0.3, 0.4) is 0 Å². The normalized spacial score (nSPS) is 27.2. The van der Waals surface area contributed by atoms with Crippen LogP contribution in [0, 0.1) is 11.3 Å². The highest BCUT2D eigenvalue weighted by Crippen LogP contribution is 2.51. The van der Waals surface area contributed by atoms with Crippen LogP contribution in [0.2, 0.25) is 0 Å². The number of carbonyl (C=O) groups excluding carboxylic acids is 2. The number of esters is 1. The minimum atomic E-state index is -0.455. The van der Waals surface area contributed by atoms with E-state index in [-0.39, 0.29) is 23.1 Å². The summed E-state index contributed by atoms with van der Waals surface area (Å²) in [7, 11) is 0. The van der Waals surface area contributed by atoms with Crippen LogP contribution in [-0.4, -0.2) is 20.8 Å². The average molecular weight is 474 g/mol. The average Bonchev–Trinajstić information content (AvgIpc) is 2.50. The fourth-order valence-corrected chi connectivity index (χ4v) is 5.52. The van der Waals surface area contributed by atoms with Gasteiger partial charge < -0.3 is 4.74 Å². The van der Waals surface area contributed by atoms with Gasteiger partial charge in [-0.2, -0.15) is 0 Å². The first-order chi connectivity index (χ1) is 12.0. The quantitative estimate of drug-likeness (QED) is 0.164. The molecule has 1 aliphatic carbocycles. The number of hydrogen-bond donors (Lipinski definition) is 0. The monoisotopic (exact) mass is 474 g/mol. The van der Waals surface area contributed by atoms with Gasteiger partial charge in [0.2, 0.25) is 0 Å². The van der Waals surface area contributed by atoms with E-state index in [2.05, 4.69) is 56.5 Å². The number of allylic oxidation sites excluding steroid dienone is 2. The van der Waals surface area contributed by atoms with Gasteiger partial charge in [-0.25, -0.2) is 0 Å². The molecule has 0 heterocycles. The lowest BCUT2D eigenvalue weighted by Crippen LogP contribution is -2.50. The van der Waals surface area contributed by atoms with Crippen molar-refractivity contribution in [1.82, 2.24) is 0 Å². The predicted molar refractivity (Wildman–Crippen MR) is 117 cm³/mol. The highest BCUT2D eigenvalue weighted by molar-refractivity contribution is 14.1. The standard InChI is InChI=1S/C22H35IO3/c1-7-9-11-19(25)22(23,13-8-2)16-12-18-20(4,5)14-10-15-21(18,6)26-17(3)24/h7-8,18H,1-2,9-16H2,3-6H3/t18-,21-,22?/m1/s1. The molecule has 1 saturated carbocycles. The van der Waals surface area contributed by atoms with Crippen LogP contribution in [0.4, 0.5) is 0 Å². The van der Waals surface area contributed by atoms with Gasteiger partial charge in [0.15, 0.2) is 0 Å². The third-order valence-electron chi connectivity index (χ3n) is 5.92. The van der Waals surface area contributed by atoms with Crippen molar-refractivity contribution in [2.24, 2.45) is 11.3 Å². The molecule has 1 fully saturated rings. The van der Waals surface area contributed by atoms with E-state index in [0.29, 0.717) is 19.3 Å². The molecule has 0 bridgehead atoms. The number of Topliss-reactive ketones (excluding diaryl/α,β-unsaturated/α-hetero) is 1. The lowest BCUT2D eigenvalue weighted by molar-refractivity contribution is -0.175. The highest BCUT2D eigenvalue weighted by atomic mass is 127. The fourth-order valence-electron chi connectivity index (χ4n) is 4.63. The van der Waals surface area contributed by atoms with Crippen molar-refractivity contribution in [2.75, 3.05) is 0 Å². The zero-order valence-electron chi connectivity index (χ0n) is 16.9. The van der Waals surface area contributed by atoms with Crippen molar-refractivity contribution >= 4 is 34.3 Å². The zero-order valence-corrected chi connectivity index (χ0v) is 19.1. The summed E-state index contributed by atoms with van der Waals surface area (Å²) in [6.07, 6.45) is 10.3. The lowest BCUT2D eigenvalue weighted by atomic mass is 9.60. The first-order valence-corrected chi connectivity index (χ1v) is 10.7. The number of hydrogen-bond acceptors (Lipinski definition) is 3. The Morgan fingerprint density at radius 2 is 1.88 bits per heavy atom. The molecule has 0 amide bonds. The molecule has 0 aromatic carbocycles. The van der Waals surface area contributed by atoms with Crippen molar-refractivity contribution in [3.05, 3.63) is 25.3 Å². The number of ketones is 1. The van der Waals surface area contributed by atoms with Crippen molar-refractivity contribution < 1.29 is 14.3 Å². The second-order valence-corrected chi connectivity index (χ2v) is 10.6. The van der Waals surface area contributed by atoms with Gasteiger partial charge in [-0.05, 0) is 57.3 Å². The van der Waals surface area contributed by atoms with Gasteiger partial charge in [-0.1, -0.05) is 48.6 Å². The third kappa shape index (κ3) is 5.93. The molecule has 3 nitrogen and oxygen atoms in total. The maximum absolute atomic E-state index is 12.8. The number of carbonyl (C=O) groups is 2. The van der Waals surface area contributed by atoms with E-state index in [4.69, 9.17) is 4.74 Å². The molecule has 4 heteroatoms. The van der Waals surface area contributed by atoms with Gasteiger partial charge in [0.05, 0.1) is 3.42 Å². The molecular weight excluding hydrogens is 439 g/mol. The number of halogens is 1. The molecule has 0 aromatic rings. The van der Waals surface area contributed by atoms with E-state index in [1.165, 1.54) is 6.92 Å². The van der Waals surface area contributed by atoms with Crippen molar-refractivity contribution in [1.29, 1.82) is 0 Å². The minimum absolute atomic E-state index is 0.0817. The van der Waals surface area contributed by atoms with Crippen molar-refractivity contribution in [2.45, 2.75) is 88.1 Å². The molecule has 0 aromatic heterocycles. The van der Waals surface area contributed by atoms with E-state index < -0.39 is 9.02 Å². The summed E-state index contributed by atoms with van der Waals surface area (Å²) in [6.45, 7) is 15.7. The van der Waals surface area contributed by atoms with Crippen molar-refractivity contribution in [3.63, 3.8) is 0 Å². The summed E-state index contributed by atoms with van der Waals surface area (Å²) in [5, 5.41) is 0. The Morgan fingerprint density at radius 3 is 2.42 bits per heavy atom. The van der Waals surface area contributed by atoms with E-state index in [0.717, 1.165) is 32.1 Å². The second kappa shape index (κ2) is 9.52. The molecule has 0 radical (unpaired) electrons. The SMILES string of the molecule is C=CCCC(=O)C(I)(CC=C)CC[C@@H]1C(C)(C)CCC[C@@]1(C)OC(C)=O. The van der Waals surface area contributed by atoms with Gasteiger partial charge in [-0.3, -0.25) is 9.59 Å². The molecule has 0 spiro atoms. The summed E-state index contributed by atoms with van der Waals surface area (Å²) in [5.74, 6) is 0.281. The van der Waals surface area contributed by atoms with Gasteiger partial charge in [0.1, 0.15) is 11.4 Å². The van der Waals surface area contributed by atoms with Crippen LogP contribution >= 0.6 is 22.6 Å². The van der Waals surface area contributed by atoms with Crippen LogP contribution < -0.4 is 0 Å². The first-order valence-electron chi connectivity index (χ1n) is 9.64. The molecule has 1 unspecified atom stereocenters. The van der Waals surface area contributed by atoms with E-state index in [1.807, 2.05) is 6.08 Å². The minimum Gasteiger partial charge on any atom is -0.459 e. The smallest absolute Gasteiger partial charge is 0.303 e. The van der Waals surface area contributed by atoms with Crippen LogP contribution in [0.5, 0.6) is 0 Å². The Hall–Kier alpha value is -0.650. The van der Waals surface area contributed by atoms with Crippen molar-refractivity contribution in [3.8, 4) is 0 Å². The summed E-state index contributed by atoms with van der Waals surface area (Å²) in [5.41, 5.74) is -0.373. The van der Waals surface area contributed by atoms with Gasteiger partial charge in [0.25, 0.3) is 0 Å². The van der Waals surface area contributed by atoms with Gasteiger partial charge in [0, 0.05) is 19.3 Å². The molecule has 0 aliphatic heterocycles.